The summed E-state index contributed by atoms with van der Waals surface area (Å²) >= 11 is 0. The Labute approximate surface area is 147 Å². The number of aromatic nitrogens is 3. The molecule has 8 nitrogen and oxygen atoms in total. The maximum atomic E-state index is 12.0. The van der Waals surface area contributed by atoms with Crippen molar-refractivity contribution in [2.24, 2.45) is 12.0 Å². The number of carbonyl (C=O) groups is 1. The van der Waals surface area contributed by atoms with Gasteiger partial charge in [-0.05, 0) is 31.5 Å². The number of guanidine groups is 1. The van der Waals surface area contributed by atoms with Crippen molar-refractivity contribution < 1.29 is 4.79 Å². The van der Waals surface area contributed by atoms with Gasteiger partial charge in [-0.2, -0.15) is 5.10 Å². The number of nitrogens with zero attached hydrogens (tertiary/aromatic N) is 4. The molecule has 2 aromatic heterocycles. The van der Waals surface area contributed by atoms with Gasteiger partial charge in [0.05, 0.1) is 12.2 Å². The van der Waals surface area contributed by atoms with E-state index in [4.69, 9.17) is 0 Å². The lowest BCUT2D eigenvalue weighted by molar-refractivity contribution is -0.116. The minimum absolute atomic E-state index is 0.0914. The fourth-order valence-corrected chi connectivity index (χ4v) is 2.10. The summed E-state index contributed by atoms with van der Waals surface area (Å²) in [7, 11) is 1.88. The summed E-state index contributed by atoms with van der Waals surface area (Å²) in [5.41, 5.74) is 2.07. The lowest BCUT2D eigenvalue weighted by Crippen LogP contribution is -2.38. The average Bonchev–Trinajstić information content (AvgIpc) is 3.00. The largest absolute Gasteiger partial charge is 0.357 e. The van der Waals surface area contributed by atoms with Crippen molar-refractivity contribution in [3.8, 4) is 0 Å². The van der Waals surface area contributed by atoms with Crippen molar-refractivity contribution >= 4 is 17.7 Å². The molecule has 0 saturated carbocycles. The third-order valence-electron chi connectivity index (χ3n) is 3.49. The summed E-state index contributed by atoms with van der Waals surface area (Å²) in [6.07, 6.45) is 3.79. The molecule has 25 heavy (non-hydrogen) atoms. The molecule has 0 atom stereocenters. The molecule has 0 aromatic carbocycles. The van der Waals surface area contributed by atoms with E-state index in [1.165, 1.54) is 0 Å². The number of rotatable bonds is 7. The number of anilines is 1. The van der Waals surface area contributed by atoms with Crippen molar-refractivity contribution in [3.05, 3.63) is 41.9 Å². The molecule has 0 unspecified atom stereocenters. The number of hydrogen-bond donors (Lipinski definition) is 3. The van der Waals surface area contributed by atoms with Crippen molar-refractivity contribution in [2.75, 3.05) is 18.4 Å². The van der Waals surface area contributed by atoms with Crippen LogP contribution in [0.3, 0.4) is 0 Å². The molecule has 0 aliphatic carbocycles. The number of pyridine rings is 1. The highest BCUT2D eigenvalue weighted by molar-refractivity contribution is 5.90. The highest BCUT2D eigenvalue weighted by atomic mass is 16.1. The SMILES string of the molecule is CCNC(=NCc1ccnn1C)NCCC(=O)Nc1ccc(C)cn1. The monoisotopic (exact) mass is 343 g/mol. The second kappa shape index (κ2) is 9.41. The summed E-state index contributed by atoms with van der Waals surface area (Å²) in [5.74, 6) is 1.14. The Bertz CT molecular complexity index is 706. The zero-order chi connectivity index (χ0) is 18.1. The van der Waals surface area contributed by atoms with Crippen LogP contribution in [0, 0.1) is 6.92 Å². The van der Waals surface area contributed by atoms with Crippen molar-refractivity contribution in [1.82, 2.24) is 25.4 Å². The van der Waals surface area contributed by atoms with E-state index in [0.717, 1.165) is 17.8 Å². The van der Waals surface area contributed by atoms with Crippen molar-refractivity contribution in [2.45, 2.75) is 26.8 Å². The first kappa shape index (κ1) is 18.4. The molecule has 8 heteroatoms. The zero-order valence-corrected chi connectivity index (χ0v) is 14.9. The van der Waals surface area contributed by atoms with Gasteiger partial charge >= 0.3 is 0 Å². The van der Waals surface area contributed by atoms with Crippen LogP contribution in [0.15, 0.2) is 35.6 Å². The molecule has 0 saturated heterocycles. The Morgan fingerprint density at radius 3 is 2.76 bits per heavy atom. The minimum atomic E-state index is -0.0914. The molecule has 0 aliphatic rings. The lowest BCUT2D eigenvalue weighted by atomic mass is 10.3. The Kier molecular flexibility index (Phi) is 6.94. The van der Waals surface area contributed by atoms with E-state index in [9.17, 15) is 4.79 Å². The first-order chi connectivity index (χ1) is 12.1. The Balaban J connectivity index is 1.79. The molecule has 0 spiro atoms. The van der Waals surface area contributed by atoms with E-state index in [1.54, 1.807) is 23.1 Å². The van der Waals surface area contributed by atoms with Crippen LogP contribution in [0.1, 0.15) is 24.6 Å². The van der Waals surface area contributed by atoms with E-state index >= 15 is 0 Å². The number of hydrogen-bond acceptors (Lipinski definition) is 4. The summed E-state index contributed by atoms with van der Waals surface area (Å²) < 4.78 is 1.79. The van der Waals surface area contributed by atoms with E-state index in [0.29, 0.717) is 31.3 Å². The van der Waals surface area contributed by atoms with Gasteiger partial charge in [-0.3, -0.25) is 9.48 Å². The average molecular weight is 343 g/mol. The van der Waals surface area contributed by atoms with Crippen molar-refractivity contribution in [1.29, 1.82) is 0 Å². The van der Waals surface area contributed by atoms with Gasteiger partial charge in [-0.1, -0.05) is 6.07 Å². The standard InChI is InChI=1S/C17H25N7O/c1-4-18-17(21-12-14-7-10-22-24(14)3)19-9-8-16(25)23-15-6-5-13(2)11-20-15/h5-7,10-11H,4,8-9,12H2,1-3H3,(H2,18,19,21)(H,20,23,25). The molecular formula is C17H25N7O. The highest BCUT2D eigenvalue weighted by Crippen LogP contribution is 2.04. The first-order valence-electron chi connectivity index (χ1n) is 8.30. The molecule has 0 bridgehead atoms. The van der Waals surface area contributed by atoms with Gasteiger partial charge in [0.2, 0.25) is 5.91 Å². The Morgan fingerprint density at radius 1 is 1.28 bits per heavy atom. The smallest absolute Gasteiger partial charge is 0.227 e. The van der Waals surface area contributed by atoms with Crippen LogP contribution >= 0.6 is 0 Å². The van der Waals surface area contributed by atoms with Gasteiger partial charge in [0.15, 0.2) is 5.96 Å². The predicted octanol–water partition coefficient (Wildman–Crippen LogP) is 1.21. The lowest BCUT2D eigenvalue weighted by Gasteiger charge is -2.11. The second-order valence-electron chi connectivity index (χ2n) is 5.59. The van der Waals surface area contributed by atoms with Gasteiger partial charge < -0.3 is 16.0 Å². The maximum Gasteiger partial charge on any atom is 0.227 e. The molecule has 2 heterocycles. The highest BCUT2D eigenvalue weighted by Gasteiger charge is 2.05. The van der Waals surface area contributed by atoms with Gasteiger partial charge in [-0.15, -0.1) is 0 Å². The Morgan fingerprint density at radius 2 is 2.12 bits per heavy atom. The maximum absolute atomic E-state index is 12.0. The molecule has 134 valence electrons. The number of amides is 1. The molecule has 2 aromatic rings. The van der Waals surface area contributed by atoms with Crippen LogP contribution in [-0.4, -0.2) is 39.7 Å². The first-order valence-corrected chi connectivity index (χ1v) is 8.30. The van der Waals surface area contributed by atoms with Crippen LogP contribution in [0.25, 0.3) is 0 Å². The molecule has 1 amide bonds. The summed E-state index contributed by atoms with van der Waals surface area (Å²) in [6.45, 7) is 5.70. The predicted molar refractivity (Wildman–Crippen MR) is 98.2 cm³/mol. The summed E-state index contributed by atoms with van der Waals surface area (Å²) in [5, 5.41) is 13.2. The number of aliphatic imine (C=N–C) groups is 1. The van der Waals surface area contributed by atoms with E-state index in [-0.39, 0.29) is 5.91 Å². The van der Waals surface area contributed by atoms with E-state index in [2.05, 4.69) is 31.0 Å². The zero-order valence-electron chi connectivity index (χ0n) is 14.9. The normalized spacial score (nSPS) is 11.2. The summed E-state index contributed by atoms with van der Waals surface area (Å²) in [6, 6.07) is 5.63. The van der Waals surface area contributed by atoms with Crippen LogP contribution in [0.5, 0.6) is 0 Å². The topological polar surface area (TPSA) is 96.2 Å². The molecular weight excluding hydrogens is 318 g/mol. The fraction of sp³-hybridized carbons (Fsp3) is 0.412. The quantitative estimate of drug-likeness (QED) is 0.519. The molecule has 2 rings (SSSR count). The molecule has 0 fully saturated rings. The molecule has 3 N–H and O–H groups in total. The summed E-state index contributed by atoms with van der Waals surface area (Å²) in [4.78, 5) is 20.6. The van der Waals surface area contributed by atoms with Gasteiger partial charge in [0.1, 0.15) is 5.82 Å². The number of nitrogens with one attached hydrogen (secondary N) is 3. The van der Waals surface area contributed by atoms with Crippen LogP contribution in [0.2, 0.25) is 0 Å². The van der Waals surface area contributed by atoms with Crippen molar-refractivity contribution in [3.63, 3.8) is 0 Å². The molecule has 0 radical (unpaired) electrons. The van der Waals surface area contributed by atoms with E-state index < -0.39 is 0 Å². The fourth-order valence-electron chi connectivity index (χ4n) is 2.10. The second-order valence-corrected chi connectivity index (χ2v) is 5.59. The Hall–Kier alpha value is -2.90. The van der Waals surface area contributed by atoms with Gasteiger partial charge in [0, 0.05) is 39.0 Å². The molecule has 0 aliphatic heterocycles. The third-order valence-corrected chi connectivity index (χ3v) is 3.49. The number of aryl methyl sites for hydroxylation is 2. The van der Waals surface area contributed by atoms with Gasteiger partial charge in [0.25, 0.3) is 0 Å². The minimum Gasteiger partial charge on any atom is -0.357 e. The number of carbonyl (C=O) groups excluding carboxylic acids is 1. The van der Waals surface area contributed by atoms with E-state index in [1.807, 2.05) is 33.0 Å². The van der Waals surface area contributed by atoms with Crippen LogP contribution in [0.4, 0.5) is 5.82 Å². The van der Waals surface area contributed by atoms with Crippen LogP contribution < -0.4 is 16.0 Å². The van der Waals surface area contributed by atoms with Gasteiger partial charge in [-0.25, -0.2) is 9.98 Å². The third kappa shape index (κ3) is 6.25. The van der Waals surface area contributed by atoms with Crippen LogP contribution in [-0.2, 0) is 18.4 Å².